The predicted octanol–water partition coefficient (Wildman–Crippen LogP) is 3.38. The first-order chi connectivity index (χ1) is 6.93. The predicted molar refractivity (Wildman–Crippen MR) is 49.8 cm³/mol. The Kier molecular flexibility index (Phi) is 3.84. The lowest BCUT2D eigenvalue weighted by atomic mass is 10.3. The molecule has 0 aromatic heterocycles. The smallest absolute Gasteiger partial charge is 0.316 e. The van der Waals surface area contributed by atoms with Crippen LogP contribution < -0.4 is 0 Å². The van der Waals surface area contributed by atoms with E-state index in [1.165, 1.54) is 24.3 Å². The molecule has 1 rings (SSSR count). The molecule has 0 spiro atoms. The Morgan fingerprint density at radius 1 is 1.27 bits per heavy atom. The second-order valence-electron chi connectivity index (χ2n) is 2.82. The molecule has 0 amide bonds. The number of thioether (sulfide) groups is 1. The third-order valence-electron chi connectivity index (χ3n) is 1.60. The molecular formula is C9H8F4OS. The summed E-state index contributed by atoms with van der Waals surface area (Å²) < 4.78 is 48.6. The van der Waals surface area contributed by atoms with E-state index in [0.29, 0.717) is 11.8 Å². The quantitative estimate of drug-likeness (QED) is 0.643. The number of hydrogen-bond donors (Lipinski definition) is 1. The molecule has 0 aliphatic rings. The van der Waals surface area contributed by atoms with Crippen molar-refractivity contribution in [3.8, 4) is 5.75 Å². The zero-order chi connectivity index (χ0) is 11.5. The maximum Gasteiger partial charge on any atom is 0.316 e. The standard InChI is InChI=1S/C9H8F4OS/c10-8(11)9(12,13)5-15-7-4-2-1-3-6(7)14/h1-4,8,14H,5H2. The highest BCUT2D eigenvalue weighted by Gasteiger charge is 2.40. The lowest BCUT2D eigenvalue weighted by molar-refractivity contribution is -0.109. The normalized spacial score (nSPS) is 12.1. The first-order valence-electron chi connectivity index (χ1n) is 4.00. The van der Waals surface area contributed by atoms with E-state index in [0.717, 1.165) is 0 Å². The molecule has 0 heterocycles. The van der Waals surface area contributed by atoms with Crippen LogP contribution in [0.15, 0.2) is 29.2 Å². The van der Waals surface area contributed by atoms with Gasteiger partial charge in [-0.1, -0.05) is 12.1 Å². The van der Waals surface area contributed by atoms with Gasteiger partial charge in [0.2, 0.25) is 0 Å². The van der Waals surface area contributed by atoms with Crippen LogP contribution in [0.5, 0.6) is 5.75 Å². The largest absolute Gasteiger partial charge is 0.507 e. The minimum Gasteiger partial charge on any atom is -0.507 e. The lowest BCUT2D eigenvalue weighted by Gasteiger charge is -2.14. The van der Waals surface area contributed by atoms with Crippen molar-refractivity contribution in [2.75, 3.05) is 5.75 Å². The Bertz CT molecular complexity index is 330. The van der Waals surface area contributed by atoms with Crippen molar-refractivity contribution in [1.82, 2.24) is 0 Å². The zero-order valence-corrected chi connectivity index (χ0v) is 8.28. The molecule has 0 atom stereocenters. The fourth-order valence-electron chi connectivity index (χ4n) is 0.816. The molecule has 15 heavy (non-hydrogen) atoms. The maximum absolute atomic E-state index is 12.5. The highest BCUT2D eigenvalue weighted by molar-refractivity contribution is 7.99. The molecule has 1 nitrogen and oxygen atoms in total. The van der Waals surface area contributed by atoms with Crippen molar-refractivity contribution in [2.45, 2.75) is 17.2 Å². The van der Waals surface area contributed by atoms with Gasteiger partial charge in [0, 0.05) is 4.90 Å². The second kappa shape index (κ2) is 4.74. The average molecular weight is 240 g/mol. The monoisotopic (exact) mass is 240 g/mol. The second-order valence-corrected chi connectivity index (χ2v) is 3.84. The van der Waals surface area contributed by atoms with Crippen LogP contribution in [0.1, 0.15) is 0 Å². The molecule has 84 valence electrons. The number of halogens is 4. The molecule has 0 saturated carbocycles. The number of phenols is 1. The number of benzene rings is 1. The van der Waals surface area contributed by atoms with Crippen molar-refractivity contribution in [3.63, 3.8) is 0 Å². The summed E-state index contributed by atoms with van der Waals surface area (Å²) in [6, 6.07) is 5.75. The first kappa shape index (κ1) is 12.2. The molecule has 1 aromatic carbocycles. The minimum absolute atomic E-state index is 0.165. The van der Waals surface area contributed by atoms with Crippen LogP contribution in [0.3, 0.4) is 0 Å². The Morgan fingerprint density at radius 3 is 2.40 bits per heavy atom. The van der Waals surface area contributed by atoms with Crippen LogP contribution in [-0.4, -0.2) is 23.2 Å². The van der Waals surface area contributed by atoms with Gasteiger partial charge in [-0.05, 0) is 12.1 Å². The van der Waals surface area contributed by atoms with Crippen LogP contribution >= 0.6 is 11.8 Å². The van der Waals surface area contributed by atoms with Gasteiger partial charge in [-0.2, -0.15) is 8.78 Å². The molecule has 0 saturated heterocycles. The van der Waals surface area contributed by atoms with E-state index in [4.69, 9.17) is 0 Å². The Labute approximate surface area is 88.1 Å². The number of aromatic hydroxyl groups is 1. The Hall–Kier alpha value is -0.910. The van der Waals surface area contributed by atoms with Crippen molar-refractivity contribution in [1.29, 1.82) is 0 Å². The SMILES string of the molecule is Oc1ccccc1SCC(F)(F)C(F)F. The van der Waals surface area contributed by atoms with Crippen LogP contribution in [0.2, 0.25) is 0 Å². The molecule has 0 unspecified atom stereocenters. The summed E-state index contributed by atoms with van der Waals surface area (Å²) in [4.78, 5) is 0.165. The number of alkyl halides is 4. The third kappa shape index (κ3) is 3.30. The van der Waals surface area contributed by atoms with E-state index in [1.54, 1.807) is 0 Å². The van der Waals surface area contributed by atoms with Crippen LogP contribution in [0.4, 0.5) is 17.6 Å². The van der Waals surface area contributed by atoms with Crippen LogP contribution in [0.25, 0.3) is 0 Å². The van der Waals surface area contributed by atoms with E-state index in [2.05, 4.69) is 0 Å². The Morgan fingerprint density at radius 2 is 1.87 bits per heavy atom. The summed E-state index contributed by atoms with van der Waals surface area (Å²) in [5.41, 5.74) is 0. The van der Waals surface area contributed by atoms with E-state index in [9.17, 15) is 22.7 Å². The van der Waals surface area contributed by atoms with Crippen LogP contribution in [0, 0.1) is 0 Å². The van der Waals surface area contributed by atoms with Gasteiger partial charge in [0.1, 0.15) is 5.75 Å². The van der Waals surface area contributed by atoms with Gasteiger partial charge in [0.15, 0.2) is 0 Å². The summed E-state index contributed by atoms with van der Waals surface area (Å²) >= 11 is 0.502. The molecule has 0 aliphatic carbocycles. The van der Waals surface area contributed by atoms with E-state index in [-0.39, 0.29) is 10.6 Å². The van der Waals surface area contributed by atoms with Crippen molar-refractivity contribution in [2.24, 2.45) is 0 Å². The molecule has 1 aromatic rings. The summed E-state index contributed by atoms with van der Waals surface area (Å²) in [6.07, 6.45) is -3.68. The topological polar surface area (TPSA) is 20.2 Å². The van der Waals surface area contributed by atoms with Crippen molar-refractivity contribution >= 4 is 11.8 Å². The molecular weight excluding hydrogens is 232 g/mol. The summed E-state index contributed by atoms with van der Waals surface area (Å²) in [5.74, 6) is -5.28. The number of hydrogen-bond acceptors (Lipinski definition) is 2. The van der Waals surface area contributed by atoms with Gasteiger partial charge in [-0.15, -0.1) is 11.8 Å². The van der Waals surface area contributed by atoms with Gasteiger partial charge in [0.05, 0.1) is 5.75 Å². The molecule has 0 aliphatic heterocycles. The van der Waals surface area contributed by atoms with Gasteiger partial charge >= 0.3 is 12.3 Å². The Balaban J connectivity index is 2.62. The number of phenolic OH excluding ortho intramolecular Hbond substituents is 1. The van der Waals surface area contributed by atoms with Gasteiger partial charge in [-0.25, -0.2) is 8.78 Å². The van der Waals surface area contributed by atoms with E-state index >= 15 is 0 Å². The maximum atomic E-state index is 12.5. The van der Waals surface area contributed by atoms with Gasteiger partial charge in [0.25, 0.3) is 0 Å². The molecule has 0 bridgehead atoms. The minimum atomic E-state index is -4.03. The van der Waals surface area contributed by atoms with Crippen molar-refractivity contribution < 1.29 is 22.7 Å². The fourth-order valence-corrected chi connectivity index (χ4v) is 1.68. The number of para-hydroxylation sites is 1. The number of rotatable bonds is 4. The summed E-state index contributed by atoms with van der Waals surface area (Å²) in [6.45, 7) is 0. The molecule has 1 N–H and O–H groups in total. The lowest BCUT2D eigenvalue weighted by Crippen LogP contribution is -2.29. The molecule has 0 fully saturated rings. The summed E-state index contributed by atoms with van der Waals surface area (Å²) in [5, 5.41) is 9.19. The summed E-state index contributed by atoms with van der Waals surface area (Å²) in [7, 11) is 0. The molecule has 0 radical (unpaired) electrons. The first-order valence-corrected chi connectivity index (χ1v) is 4.99. The van der Waals surface area contributed by atoms with E-state index < -0.39 is 18.1 Å². The van der Waals surface area contributed by atoms with Gasteiger partial charge < -0.3 is 5.11 Å². The van der Waals surface area contributed by atoms with Crippen molar-refractivity contribution in [3.05, 3.63) is 24.3 Å². The zero-order valence-electron chi connectivity index (χ0n) is 7.46. The third-order valence-corrected chi connectivity index (χ3v) is 2.79. The highest BCUT2D eigenvalue weighted by atomic mass is 32.2. The van der Waals surface area contributed by atoms with E-state index in [1.807, 2.05) is 0 Å². The van der Waals surface area contributed by atoms with Crippen LogP contribution in [-0.2, 0) is 0 Å². The fraction of sp³-hybridized carbons (Fsp3) is 0.333. The average Bonchev–Trinajstić information content (AvgIpc) is 2.16. The van der Waals surface area contributed by atoms with Gasteiger partial charge in [-0.3, -0.25) is 0 Å². The molecule has 6 heteroatoms. The highest BCUT2D eigenvalue weighted by Crippen LogP contribution is 2.34.